The van der Waals surface area contributed by atoms with Gasteiger partial charge in [0.25, 0.3) is 0 Å². The van der Waals surface area contributed by atoms with Gasteiger partial charge in [0.1, 0.15) is 16.5 Å². The van der Waals surface area contributed by atoms with Crippen molar-refractivity contribution < 1.29 is 4.79 Å². The summed E-state index contributed by atoms with van der Waals surface area (Å²) in [4.78, 5) is 30.1. The van der Waals surface area contributed by atoms with Crippen molar-refractivity contribution in [3.8, 4) is 0 Å². The molecule has 2 aromatic rings. The molecule has 6 heteroatoms. The molecule has 0 unspecified atom stereocenters. The van der Waals surface area contributed by atoms with Crippen LogP contribution in [0.2, 0.25) is 0 Å². The largest absolute Gasteiger partial charge is 0.352 e. The first kappa shape index (κ1) is 21.2. The number of aromatic nitrogens is 2. The average molecular weight is 441 g/mol. The topological polar surface area (TPSA) is 49.3 Å². The van der Waals surface area contributed by atoms with Crippen LogP contribution in [0.3, 0.4) is 0 Å². The van der Waals surface area contributed by atoms with E-state index in [-0.39, 0.29) is 0 Å². The van der Waals surface area contributed by atoms with Crippen molar-refractivity contribution in [3.63, 3.8) is 0 Å². The van der Waals surface area contributed by atoms with Gasteiger partial charge in [0.05, 0.1) is 5.39 Å². The first-order chi connectivity index (χ1) is 15.1. The molecule has 168 valence electrons. The average Bonchev–Trinajstić information content (AvgIpc) is 3.57. The first-order valence-electron chi connectivity index (χ1n) is 12.5. The van der Waals surface area contributed by atoms with Crippen molar-refractivity contribution in [3.05, 3.63) is 16.3 Å². The second kappa shape index (κ2) is 9.05. The van der Waals surface area contributed by atoms with Gasteiger partial charge in [-0.15, -0.1) is 11.3 Å². The number of hydrogen-bond donors (Lipinski definition) is 0. The van der Waals surface area contributed by atoms with E-state index in [2.05, 4.69) is 23.6 Å². The zero-order valence-electron chi connectivity index (χ0n) is 19.2. The van der Waals surface area contributed by atoms with Gasteiger partial charge in [0.15, 0.2) is 0 Å². The summed E-state index contributed by atoms with van der Waals surface area (Å²) in [6.07, 6.45) is 11.4. The smallest absolute Gasteiger partial charge is 0.222 e. The van der Waals surface area contributed by atoms with E-state index in [0.717, 1.165) is 56.6 Å². The van der Waals surface area contributed by atoms with Crippen molar-refractivity contribution in [1.29, 1.82) is 0 Å². The van der Waals surface area contributed by atoms with Crippen molar-refractivity contribution in [2.75, 3.05) is 31.1 Å². The van der Waals surface area contributed by atoms with Gasteiger partial charge in [-0.1, -0.05) is 33.1 Å². The molecule has 1 saturated carbocycles. The number of rotatable bonds is 7. The minimum Gasteiger partial charge on any atom is -0.352 e. The maximum Gasteiger partial charge on any atom is 0.222 e. The monoisotopic (exact) mass is 440 g/mol. The number of nitrogens with zero attached hydrogens (tertiary/aromatic N) is 4. The zero-order chi connectivity index (χ0) is 21.4. The molecule has 2 aliphatic carbocycles. The number of amides is 1. The van der Waals surface area contributed by atoms with Gasteiger partial charge in [-0.2, -0.15) is 0 Å². The van der Waals surface area contributed by atoms with Gasteiger partial charge < -0.3 is 9.80 Å². The third-order valence-corrected chi connectivity index (χ3v) is 8.42. The molecular formula is C25H36N4OS. The Bertz CT molecular complexity index is 943. The standard InChI is InChI=1S/C25H36N4OS/c1-3-4-5-6-7-21(30)28-12-14-29(15-13-28)24-22-19-11-8-17(2)16-20(19)31-25(22)27-23(26-24)18-9-10-18/h17-18H,3-16H2,1-2H3/t17-/m1/s1. The lowest BCUT2D eigenvalue weighted by Gasteiger charge is -2.36. The van der Waals surface area contributed by atoms with Crippen LogP contribution in [0.1, 0.15) is 87.4 Å². The van der Waals surface area contributed by atoms with Crippen LogP contribution in [-0.2, 0) is 17.6 Å². The van der Waals surface area contributed by atoms with Crippen molar-refractivity contribution in [2.24, 2.45) is 5.92 Å². The molecule has 1 aliphatic heterocycles. The van der Waals surface area contributed by atoms with Crippen LogP contribution >= 0.6 is 11.3 Å². The van der Waals surface area contributed by atoms with E-state index >= 15 is 0 Å². The number of fused-ring (bicyclic) bond motifs is 3. The fraction of sp³-hybridized carbons (Fsp3) is 0.720. The van der Waals surface area contributed by atoms with Gasteiger partial charge in [0.2, 0.25) is 5.91 Å². The lowest BCUT2D eigenvalue weighted by Crippen LogP contribution is -2.49. The fourth-order valence-corrected chi connectivity index (χ4v) is 6.51. The predicted octanol–water partition coefficient (Wildman–Crippen LogP) is 5.31. The van der Waals surface area contributed by atoms with Crippen LogP contribution in [0.5, 0.6) is 0 Å². The SMILES string of the molecule is CCCCCCC(=O)N1CCN(c2nc(C3CC3)nc3sc4c(c23)CC[C@@H](C)C4)CC1. The summed E-state index contributed by atoms with van der Waals surface area (Å²) in [5.41, 5.74) is 1.52. The lowest BCUT2D eigenvalue weighted by atomic mass is 9.89. The molecule has 1 saturated heterocycles. The summed E-state index contributed by atoms with van der Waals surface area (Å²) >= 11 is 1.92. The van der Waals surface area contributed by atoms with Gasteiger partial charge in [-0.25, -0.2) is 9.97 Å². The number of hydrogen-bond acceptors (Lipinski definition) is 5. The number of aryl methyl sites for hydroxylation is 1. The third kappa shape index (κ3) is 4.46. The Morgan fingerprint density at radius 1 is 1.06 bits per heavy atom. The predicted molar refractivity (Wildman–Crippen MR) is 128 cm³/mol. The highest BCUT2D eigenvalue weighted by atomic mass is 32.1. The maximum atomic E-state index is 12.6. The molecule has 5 nitrogen and oxygen atoms in total. The minimum absolute atomic E-state index is 0.337. The van der Waals surface area contributed by atoms with Crippen LogP contribution in [0.15, 0.2) is 0 Å². The molecule has 2 aromatic heterocycles. The highest BCUT2D eigenvalue weighted by Gasteiger charge is 2.32. The maximum absolute atomic E-state index is 12.6. The summed E-state index contributed by atoms with van der Waals surface area (Å²) in [6.45, 7) is 8.00. The molecule has 2 fully saturated rings. The lowest BCUT2D eigenvalue weighted by molar-refractivity contribution is -0.131. The van der Waals surface area contributed by atoms with Crippen LogP contribution < -0.4 is 4.90 Å². The van der Waals surface area contributed by atoms with E-state index < -0.39 is 0 Å². The van der Waals surface area contributed by atoms with Gasteiger partial charge >= 0.3 is 0 Å². The Balaban J connectivity index is 1.35. The summed E-state index contributed by atoms with van der Waals surface area (Å²) in [6, 6.07) is 0. The molecular weight excluding hydrogens is 404 g/mol. The highest BCUT2D eigenvalue weighted by Crippen LogP contribution is 2.44. The number of piperazine rings is 1. The summed E-state index contributed by atoms with van der Waals surface area (Å²) in [7, 11) is 0. The number of anilines is 1. The Hall–Kier alpha value is -1.69. The summed E-state index contributed by atoms with van der Waals surface area (Å²) < 4.78 is 0. The van der Waals surface area contributed by atoms with E-state index in [1.807, 2.05) is 11.3 Å². The van der Waals surface area contributed by atoms with Gasteiger partial charge in [0, 0.05) is 43.4 Å². The number of carbonyl (C=O) groups is 1. The van der Waals surface area contributed by atoms with Crippen molar-refractivity contribution in [2.45, 2.75) is 84.0 Å². The van der Waals surface area contributed by atoms with E-state index in [1.165, 1.54) is 65.6 Å². The molecule has 1 atom stereocenters. The van der Waals surface area contributed by atoms with E-state index in [9.17, 15) is 4.79 Å². The molecule has 5 rings (SSSR count). The third-order valence-electron chi connectivity index (χ3n) is 7.27. The number of unbranched alkanes of at least 4 members (excludes halogenated alkanes) is 3. The second-order valence-corrected chi connectivity index (χ2v) is 11.0. The Kier molecular flexibility index (Phi) is 6.18. The van der Waals surface area contributed by atoms with E-state index in [4.69, 9.17) is 9.97 Å². The van der Waals surface area contributed by atoms with Gasteiger partial charge in [-0.05, 0) is 50.0 Å². The second-order valence-electron chi connectivity index (χ2n) is 9.89. The van der Waals surface area contributed by atoms with Crippen LogP contribution in [0.25, 0.3) is 10.2 Å². The molecule has 0 spiro atoms. The Morgan fingerprint density at radius 2 is 1.87 bits per heavy atom. The van der Waals surface area contributed by atoms with Crippen LogP contribution in [0.4, 0.5) is 5.82 Å². The summed E-state index contributed by atoms with van der Waals surface area (Å²) in [5, 5.41) is 1.33. The number of thiophene rings is 1. The molecule has 3 aliphatic rings. The molecule has 3 heterocycles. The Labute approximate surface area is 190 Å². The quantitative estimate of drug-likeness (QED) is 0.547. The Morgan fingerprint density at radius 3 is 2.61 bits per heavy atom. The molecule has 0 radical (unpaired) electrons. The fourth-order valence-electron chi connectivity index (χ4n) is 5.12. The van der Waals surface area contributed by atoms with E-state index in [0.29, 0.717) is 18.2 Å². The molecule has 0 aromatic carbocycles. The number of carbonyl (C=O) groups excluding carboxylic acids is 1. The first-order valence-corrected chi connectivity index (χ1v) is 13.3. The van der Waals surface area contributed by atoms with Gasteiger partial charge in [-0.3, -0.25) is 4.79 Å². The molecule has 0 N–H and O–H groups in total. The molecule has 31 heavy (non-hydrogen) atoms. The normalized spacial score (nSPS) is 21.5. The zero-order valence-corrected chi connectivity index (χ0v) is 20.0. The minimum atomic E-state index is 0.337. The molecule has 1 amide bonds. The van der Waals surface area contributed by atoms with Crippen LogP contribution in [0, 0.1) is 5.92 Å². The van der Waals surface area contributed by atoms with E-state index in [1.54, 1.807) is 0 Å². The van der Waals surface area contributed by atoms with Crippen molar-refractivity contribution >= 4 is 33.3 Å². The summed E-state index contributed by atoms with van der Waals surface area (Å²) in [5.74, 6) is 3.89. The molecule has 0 bridgehead atoms. The van der Waals surface area contributed by atoms with Crippen molar-refractivity contribution in [1.82, 2.24) is 14.9 Å². The highest BCUT2D eigenvalue weighted by molar-refractivity contribution is 7.19. The van der Waals surface area contributed by atoms with Crippen LogP contribution in [-0.4, -0.2) is 47.0 Å².